The first kappa shape index (κ1) is 9.61. The average molecular weight is 199 g/mol. The lowest BCUT2D eigenvalue weighted by Gasteiger charge is -1.96. The highest BCUT2D eigenvalue weighted by atomic mass is 35.5. The molecule has 0 saturated heterocycles. The molecule has 4 heteroatoms. The molecule has 1 aromatic carbocycles. The van der Waals surface area contributed by atoms with Gasteiger partial charge in [0.25, 0.3) is 0 Å². The van der Waals surface area contributed by atoms with Gasteiger partial charge in [-0.2, -0.15) is 0 Å². The van der Waals surface area contributed by atoms with Gasteiger partial charge >= 0.3 is 5.63 Å². The Kier molecular flexibility index (Phi) is 2.58. The van der Waals surface area contributed by atoms with E-state index in [4.69, 9.17) is 4.42 Å². The van der Waals surface area contributed by atoms with Gasteiger partial charge in [0.2, 0.25) is 0 Å². The predicted molar refractivity (Wildman–Crippen MR) is 51.4 cm³/mol. The van der Waals surface area contributed by atoms with Crippen LogP contribution >= 0.6 is 12.4 Å². The van der Waals surface area contributed by atoms with Crippen molar-refractivity contribution in [3.05, 3.63) is 40.8 Å². The standard InChI is InChI=1S/C9H6O3.ClH/c10-7-5-9(11)12-8-4-2-1-3-6(7)8;/h1-5,10H;1H. The Morgan fingerprint density at radius 1 is 1.23 bits per heavy atom. The zero-order valence-corrected chi connectivity index (χ0v) is 7.38. The number of aromatic hydroxyl groups is 1. The van der Waals surface area contributed by atoms with Gasteiger partial charge in [0, 0.05) is 0 Å². The van der Waals surface area contributed by atoms with Crippen LogP contribution in [0.2, 0.25) is 0 Å². The smallest absolute Gasteiger partial charge is 0.339 e. The third-order valence-corrected chi connectivity index (χ3v) is 1.63. The number of benzene rings is 1. The molecule has 0 bridgehead atoms. The predicted octanol–water partition coefficient (Wildman–Crippen LogP) is 1.92. The molecular weight excluding hydrogens is 192 g/mol. The normalized spacial score (nSPS) is 9.54. The van der Waals surface area contributed by atoms with E-state index in [0.29, 0.717) is 11.0 Å². The zero-order valence-electron chi connectivity index (χ0n) is 6.56. The van der Waals surface area contributed by atoms with Crippen LogP contribution in [0.1, 0.15) is 0 Å². The summed E-state index contributed by atoms with van der Waals surface area (Å²) < 4.78 is 4.83. The van der Waals surface area contributed by atoms with E-state index in [2.05, 4.69) is 0 Å². The third kappa shape index (κ3) is 1.65. The van der Waals surface area contributed by atoms with Crippen LogP contribution in [0.3, 0.4) is 0 Å². The Bertz CT molecular complexity index is 475. The highest BCUT2D eigenvalue weighted by Gasteiger charge is 2.01. The minimum absolute atomic E-state index is 0. The van der Waals surface area contributed by atoms with Crippen molar-refractivity contribution in [3.63, 3.8) is 0 Å². The van der Waals surface area contributed by atoms with Gasteiger partial charge in [-0.3, -0.25) is 0 Å². The Morgan fingerprint density at radius 3 is 2.69 bits per heavy atom. The number of hydrogen-bond donors (Lipinski definition) is 1. The maximum Gasteiger partial charge on any atom is 0.339 e. The average Bonchev–Trinajstić information content (AvgIpc) is 2.04. The fourth-order valence-electron chi connectivity index (χ4n) is 1.09. The minimum atomic E-state index is -0.536. The fourth-order valence-corrected chi connectivity index (χ4v) is 1.09. The molecule has 0 saturated carbocycles. The number of fused-ring (bicyclic) bond motifs is 1. The monoisotopic (exact) mass is 198 g/mol. The molecule has 0 aliphatic carbocycles. The quantitative estimate of drug-likeness (QED) is 0.658. The third-order valence-electron chi connectivity index (χ3n) is 1.63. The molecule has 2 aromatic rings. The van der Waals surface area contributed by atoms with Crippen molar-refractivity contribution >= 4 is 23.4 Å². The Hall–Kier alpha value is -1.48. The maximum atomic E-state index is 10.8. The van der Waals surface area contributed by atoms with Crippen molar-refractivity contribution in [2.75, 3.05) is 0 Å². The summed E-state index contributed by atoms with van der Waals surface area (Å²) in [5, 5.41) is 9.84. The van der Waals surface area contributed by atoms with E-state index in [-0.39, 0.29) is 18.2 Å². The summed E-state index contributed by atoms with van der Waals surface area (Å²) in [6, 6.07) is 7.89. The van der Waals surface area contributed by atoms with Gasteiger partial charge in [0.1, 0.15) is 11.3 Å². The molecule has 0 fully saturated rings. The molecule has 0 atom stereocenters. The topological polar surface area (TPSA) is 50.4 Å². The summed E-state index contributed by atoms with van der Waals surface area (Å²) >= 11 is 0. The Labute approximate surface area is 80.0 Å². The first-order valence-electron chi connectivity index (χ1n) is 3.49. The lowest BCUT2D eigenvalue weighted by atomic mass is 10.2. The van der Waals surface area contributed by atoms with E-state index in [0.717, 1.165) is 6.07 Å². The van der Waals surface area contributed by atoms with E-state index < -0.39 is 5.63 Å². The second-order valence-corrected chi connectivity index (χ2v) is 2.45. The maximum absolute atomic E-state index is 10.8. The molecule has 13 heavy (non-hydrogen) atoms. The molecule has 68 valence electrons. The molecule has 1 aromatic heterocycles. The largest absolute Gasteiger partial charge is 0.507 e. The summed E-state index contributed by atoms with van der Waals surface area (Å²) in [6.07, 6.45) is 0. The summed E-state index contributed by atoms with van der Waals surface area (Å²) in [6.45, 7) is 0. The van der Waals surface area contributed by atoms with Crippen LogP contribution < -0.4 is 5.63 Å². The number of hydrogen-bond acceptors (Lipinski definition) is 3. The molecule has 0 aliphatic rings. The molecular formula is C9H7ClO3. The summed E-state index contributed by atoms with van der Waals surface area (Å²) in [4.78, 5) is 10.8. The molecule has 0 spiro atoms. The van der Waals surface area contributed by atoms with Crippen molar-refractivity contribution in [2.45, 2.75) is 0 Å². The Morgan fingerprint density at radius 2 is 1.92 bits per heavy atom. The molecule has 0 aliphatic heterocycles. The van der Waals surface area contributed by atoms with Crippen molar-refractivity contribution in [2.24, 2.45) is 0 Å². The van der Waals surface area contributed by atoms with E-state index in [1.165, 1.54) is 0 Å². The van der Waals surface area contributed by atoms with Crippen LogP contribution in [0.5, 0.6) is 5.75 Å². The summed E-state index contributed by atoms with van der Waals surface area (Å²) in [5.74, 6) is -0.0400. The second-order valence-electron chi connectivity index (χ2n) is 2.45. The van der Waals surface area contributed by atoms with Crippen molar-refractivity contribution in [1.29, 1.82) is 0 Å². The van der Waals surface area contributed by atoms with Crippen LogP contribution in [0.4, 0.5) is 0 Å². The van der Waals surface area contributed by atoms with E-state index in [1.807, 2.05) is 0 Å². The Balaban J connectivity index is 0.000000845. The zero-order chi connectivity index (χ0) is 8.55. The lowest BCUT2D eigenvalue weighted by Crippen LogP contribution is -1.94. The van der Waals surface area contributed by atoms with Gasteiger partial charge in [-0.1, -0.05) is 12.1 Å². The molecule has 0 unspecified atom stereocenters. The first-order chi connectivity index (χ1) is 5.77. The van der Waals surface area contributed by atoms with E-state index >= 15 is 0 Å². The lowest BCUT2D eigenvalue weighted by molar-refractivity contribution is 0.468. The van der Waals surface area contributed by atoms with Gasteiger partial charge in [0.05, 0.1) is 11.5 Å². The SMILES string of the molecule is Cl.O=c1cc(O)c2ccccc2o1. The van der Waals surface area contributed by atoms with Gasteiger partial charge in [0.15, 0.2) is 0 Å². The van der Waals surface area contributed by atoms with Gasteiger partial charge < -0.3 is 9.52 Å². The molecule has 0 radical (unpaired) electrons. The van der Waals surface area contributed by atoms with Gasteiger partial charge in [-0.05, 0) is 12.1 Å². The number of para-hydroxylation sites is 1. The first-order valence-corrected chi connectivity index (χ1v) is 3.49. The van der Waals surface area contributed by atoms with Crippen molar-refractivity contribution in [1.82, 2.24) is 0 Å². The van der Waals surface area contributed by atoms with E-state index in [9.17, 15) is 9.90 Å². The van der Waals surface area contributed by atoms with Gasteiger partial charge in [-0.25, -0.2) is 4.79 Å². The number of rotatable bonds is 0. The summed E-state index contributed by atoms with van der Waals surface area (Å²) in [5.41, 5.74) is -0.131. The molecule has 0 amide bonds. The highest BCUT2D eigenvalue weighted by Crippen LogP contribution is 2.20. The number of halogens is 1. The molecule has 3 nitrogen and oxygen atoms in total. The summed E-state index contributed by atoms with van der Waals surface area (Å²) in [7, 11) is 0. The van der Waals surface area contributed by atoms with Gasteiger partial charge in [-0.15, -0.1) is 12.4 Å². The van der Waals surface area contributed by atoms with Crippen LogP contribution in [0, 0.1) is 0 Å². The molecule has 1 heterocycles. The van der Waals surface area contributed by atoms with Crippen LogP contribution in [-0.4, -0.2) is 5.11 Å². The molecule has 2 rings (SSSR count). The second kappa shape index (κ2) is 3.49. The fraction of sp³-hybridized carbons (Fsp3) is 0. The van der Waals surface area contributed by atoms with Crippen molar-refractivity contribution in [3.8, 4) is 5.75 Å². The van der Waals surface area contributed by atoms with Crippen LogP contribution in [0.15, 0.2) is 39.5 Å². The van der Waals surface area contributed by atoms with Crippen LogP contribution in [0.25, 0.3) is 11.0 Å². The minimum Gasteiger partial charge on any atom is -0.507 e. The van der Waals surface area contributed by atoms with Crippen molar-refractivity contribution < 1.29 is 9.52 Å². The van der Waals surface area contributed by atoms with Crippen LogP contribution in [-0.2, 0) is 0 Å². The molecule has 1 N–H and O–H groups in total. The highest BCUT2D eigenvalue weighted by molar-refractivity contribution is 5.85. The van der Waals surface area contributed by atoms with E-state index in [1.54, 1.807) is 24.3 Å².